The van der Waals surface area contributed by atoms with Crippen molar-refractivity contribution in [1.29, 1.82) is 0 Å². The topological polar surface area (TPSA) is 38.8 Å². The first-order valence-corrected chi connectivity index (χ1v) is 8.92. The van der Waals surface area contributed by atoms with Crippen LogP contribution in [0.25, 0.3) is 0 Å². The number of nitrogens with zero attached hydrogens (tertiary/aromatic N) is 1. The molecule has 0 atom stereocenters. The van der Waals surface area contributed by atoms with Crippen molar-refractivity contribution >= 4 is 17.7 Å². The Bertz CT molecular complexity index is 686. The number of thioether (sulfide) groups is 1. The van der Waals surface area contributed by atoms with Crippen molar-refractivity contribution in [2.75, 3.05) is 34.1 Å². The van der Waals surface area contributed by atoms with E-state index in [0.29, 0.717) is 23.6 Å². The summed E-state index contributed by atoms with van der Waals surface area (Å²) < 4.78 is 10.6. The summed E-state index contributed by atoms with van der Waals surface area (Å²) in [7, 11) is 5.06. The van der Waals surface area contributed by atoms with Gasteiger partial charge < -0.3 is 14.4 Å². The molecular formula is C19H23NO3S. The summed E-state index contributed by atoms with van der Waals surface area (Å²) in [6.07, 6.45) is 2.78. The van der Waals surface area contributed by atoms with Crippen molar-refractivity contribution in [3.8, 4) is 11.5 Å². The predicted molar refractivity (Wildman–Crippen MR) is 98.4 cm³/mol. The molecule has 1 amide bonds. The van der Waals surface area contributed by atoms with Crippen LogP contribution in [0.1, 0.15) is 15.9 Å². The molecule has 2 aromatic carbocycles. The summed E-state index contributed by atoms with van der Waals surface area (Å²) >= 11 is 1.66. The largest absolute Gasteiger partial charge is 0.493 e. The molecule has 0 aliphatic rings. The van der Waals surface area contributed by atoms with E-state index in [9.17, 15) is 4.79 Å². The van der Waals surface area contributed by atoms with Crippen LogP contribution in [0.3, 0.4) is 0 Å². The van der Waals surface area contributed by atoms with Gasteiger partial charge in [-0.2, -0.15) is 0 Å². The summed E-state index contributed by atoms with van der Waals surface area (Å²) in [6, 6.07) is 13.5. The second-order valence-electron chi connectivity index (χ2n) is 5.39. The van der Waals surface area contributed by atoms with Crippen molar-refractivity contribution in [3.63, 3.8) is 0 Å². The van der Waals surface area contributed by atoms with Crippen LogP contribution >= 0.6 is 11.8 Å². The first kappa shape index (κ1) is 18.2. The molecule has 0 aliphatic heterocycles. The van der Waals surface area contributed by atoms with Crippen molar-refractivity contribution in [2.24, 2.45) is 0 Å². The van der Waals surface area contributed by atoms with Crippen LogP contribution < -0.4 is 9.47 Å². The number of benzene rings is 2. The number of hydrogen-bond donors (Lipinski definition) is 0. The second-order valence-corrected chi connectivity index (χ2v) is 6.27. The Morgan fingerprint density at radius 2 is 1.71 bits per heavy atom. The molecule has 0 aliphatic carbocycles. The highest BCUT2D eigenvalue weighted by atomic mass is 32.2. The van der Waals surface area contributed by atoms with Crippen LogP contribution in [-0.4, -0.2) is 44.9 Å². The monoisotopic (exact) mass is 345 g/mol. The summed E-state index contributed by atoms with van der Waals surface area (Å²) in [5.41, 5.74) is 1.81. The third kappa shape index (κ3) is 4.45. The van der Waals surface area contributed by atoms with Gasteiger partial charge in [-0.15, -0.1) is 11.8 Å². The third-order valence-electron chi connectivity index (χ3n) is 3.87. The lowest BCUT2D eigenvalue weighted by molar-refractivity contribution is 0.0796. The standard InChI is InChI=1S/C19H23NO3S/c1-20(19(21)15-6-8-16(24-4)9-7-15)12-11-14-5-10-17(22-2)18(13-14)23-3/h5-10,13H,11-12H2,1-4H3. The van der Waals surface area contributed by atoms with Gasteiger partial charge in [0.05, 0.1) is 14.2 Å². The van der Waals surface area contributed by atoms with Crippen LogP contribution in [0.15, 0.2) is 47.4 Å². The summed E-state index contributed by atoms with van der Waals surface area (Å²) in [5.74, 6) is 1.44. The normalized spacial score (nSPS) is 10.3. The zero-order valence-corrected chi connectivity index (χ0v) is 15.4. The maximum absolute atomic E-state index is 12.5. The SMILES string of the molecule is COc1ccc(CCN(C)C(=O)c2ccc(SC)cc2)cc1OC. The van der Waals surface area contributed by atoms with Gasteiger partial charge in [-0.3, -0.25) is 4.79 Å². The summed E-state index contributed by atoms with van der Waals surface area (Å²) in [5, 5.41) is 0. The predicted octanol–water partition coefficient (Wildman–Crippen LogP) is 3.74. The van der Waals surface area contributed by atoms with E-state index in [1.807, 2.05) is 55.8 Å². The van der Waals surface area contributed by atoms with Gasteiger partial charge in [-0.1, -0.05) is 6.07 Å². The number of carbonyl (C=O) groups excluding carboxylic acids is 1. The van der Waals surface area contributed by atoms with Crippen molar-refractivity contribution in [3.05, 3.63) is 53.6 Å². The zero-order valence-electron chi connectivity index (χ0n) is 14.5. The molecule has 5 heteroatoms. The van der Waals surface area contributed by atoms with Crippen LogP contribution in [0, 0.1) is 0 Å². The van der Waals surface area contributed by atoms with Gasteiger partial charge in [-0.05, 0) is 54.6 Å². The molecule has 0 heterocycles. The van der Waals surface area contributed by atoms with E-state index < -0.39 is 0 Å². The minimum atomic E-state index is 0.0307. The maximum atomic E-state index is 12.5. The number of carbonyl (C=O) groups is 1. The first-order valence-electron chi connectivity index (χ1n) is 7.69. The highest BCUT2D eigenvalue weighted by Crippen LogP contribution is 2.27. The first-order chi connectivity index (χ1) is 11.6. The number of methoxy groups -OCH3 is 2. The van der Waals surface area contributed by atoms with E-state index >= 15 is 0 Å². The molecule has 0 bridgehead atoms. The minimum absolute atomic E-state index is 0.0307. The number of amides is 1. The number of ether oxygens (including phenoxy) is 2. The third-order valence-corrected chi connectivity index (χ3v) is 4.61. The zero-order chi connectivity index (χ0) is 17.5. The highest BCUT2D eigenvalue weighted by Gasteiger charge is 2.12. The van der Waals surface area contributed by atoms with Crippen LogP contribution in [0.5, 0.6) is 11.5 Å². The molecule has 2 rings (SSSR count). The Labute approximate surface area is 147 Å². The van der Waals surface area contributed by atoms with Gasteiger partial charge in [0.2, 0.25) is 0 Å². The van der Waals surface area contributed by atoms with Gasteiger partial charge >= 0.3 is 0 Å². The lowest BCUT2D eigenvalue weighted by Gasteiger charge is -2.18. The quantitative estimate of drug-likeness (QED) is 0.717. The maximum Gasteiger partial charge on any atom is 0.253 e. The fraction of sp³-hybridized carbons (Fsp3) is 0.316. The van der Waals surface area contributed by atoms with Crippen LogP contribution in [0.4, 0.5) is 0 Å². The lowest BCUT2D eigenvalue weighted by Crippen LogP contribution is -2.28. The molecule has 128 valence electrons. The van der Waals surface area contributed by atoms with E-state index in [4.69, 9.17) is 9.47 Å². The fourth-order valence-corrected chi connectivity index (χ4v) is 2.80. The van der Waals surface area contributed by atoms with E-state index in [2.05, 4.69) is 0 Å². The average Bonchev–Trinajstić information content (AvgIpc) is 2.65. The molecular weight excluding hydrogens is 322 g/mol. The minimum Gasteiger partial charge on any atom is -0.493 e. The molecule has 0 saturated heterocycles. The molecule has 0 N–H and O–H groups in total. The number of hydrogen-bond acceptors (Lipinski definition) is 4. The fourth-order valence-electron chi connectivity index (χ4n) is 2.39. The Balaban J connectivity index is 1.99. The van der Waals surface area contributed by atoms with Gasteiger partial charge in [0, 0.05) is 24.1 Å². The molecule has 0 spiro atoms. The van der Waals surface area contributed by atoms with Gasteiger partial charge in [0.25, 0.3) is 5.91 Å². The highest BCUT2D eigenvalue weighted by molar-refractivity contribution is 7.98. The second kappa shape index (κ2) is 8.64. The Kier molecular flexibility index (Phi) is 6.55. The van der Waals surface area contributed by atoms with Crippen molar-refractivity contribution in [2.45, 2.75) is 11.3 Å². The number of likely N-dealkylation sites (N-methyl/N-ethyl adjacent to an activating group) is 1. The van der Waals surface area contributed by atoms with Crippen LogP contribution in [0.2, 0.25) is 0 Å². The van der Waals surface area contributed by atoms with Gasteiger partial charge in [-0.25, -0.2) is 0 Å². The average molecular weight is 345 g/mol. The van der Waals surface area contributed by atoms with E-state index in [0.717, 1.165) is 16.9 Å². The van der Waals surface area contributed by atoms with E-state index in [1.54, 1.807) is 30.9 Å². The lowest BCUT2D eigenvalue weighted by atomic mass is 10.1. The van der Waals surface area contributed by atoms with E-state index in [1.165, 1.54) is 0 Å². The molecule has 4 nitrogen and oxygen atoms in total. The Hall–Kier alpha value is -2.14. The summed E-state index contributed by atoms with van der Waals surface area (Å²) in [4.78, 5) is 15.4. The van der Waals surface area contributed by atoms with Crippen molar-refractivity contribution < 1.29 is 14.3 Å². The molecule has 2 aromatic rings. The smallest absolute Gasteiger partial charge is 0.253 e. The van der Waals surface area contributed by atoms with E-state index in [-0.39, 0.29) is 5.91 Å². The van der Waals surface area contributed by atoms with Gasteiger partial charge in [0.1, 0.15) is 0 Å². The molecule has 0 aromatic heterocycles. The molecule has 0 fully saturated rings. The summed E-state index contributed by atoms with van der Waals surface area (Å²) in [6.45, 7) is 0.637. The Morgan fingerprint density at radius 1 is 1.04 bits per heavy atom. The van der Waals surface area contributed by atoms with Crippen LogP contribution in [-0.2, 0) is 6.42 Å². The molecule has 24 heavy (non-hydrogen) atoms. The van der Waals surface area contributed by atoms with Gasteiger partial charge in [0.15, 0.2) is 11.5 Å². The molecule has 0 unspecified atom stereocenters. The molecule has 0 saturated carbocycles. The molecule has 0 radical (unpaired) electrons. The Morgan fingerprint density at radius 3 is 2.29 bits per heavy atom. The number of rotatable bonds is 7. The van der Waals surface area contributed by atoms with Crippen molar-refractivity contribution in [1.82, 2.24) is 4.90 Å².